The topological polar surface area (TPSA) is 86.1 Å². The van der Waals surface area contributed by atoms with Crippen molar-refractivity contribution in [1.29, 1.82) is 0 Å². The van der Waals surface area contributed by atoms with E-state index in [0.29, 0.717) is 17.0 Å². The van der Waals surface area contributed by atoms with Crippen LogP contribution in [-0.4, -0.2) is 33.6 Å². The summed E-state index contributed by atoms with van der Waals surface area (Å²) in [6.07, 6.45) is 5.19. The number of nitrogens with one attached hydrogen (secondary N) is 1. The quantitative estimate of drug-likeness (QED) is 0.651. The van der Waals surface area contributed by atoms with Gasteiger partial charge in [0.25, 0.3) is 5.91 Å². The van der Waals surface area contributed by atoms with Gasteiger partial charge in [-0.1, -0.05) is 18.6 Å². The Balaban J connectivity index is 1.41. The molecule has 1 aliphatic heterocycles. The molecule has 0 radical (unpaired) electrons. The molecule has 0 saturated carbocycles. The molecule has 7 nitrogen and oxygen atoms in total. The summed E-state index contributed by atoms with van der Waals surface area (Å²) in [6, 6.07) is 14.2. The van der Waals surface area contributed by atoms with Crippen molar-refractivity contribution >= 4 is 17.9 Å². The zero-order valence-corrected chi connectivity index (χ0v) is 16.0. The van der Waals surface area contributed by atoms with Crippen LogP contribution in [0.4, 0.5) is 5.69 Å². The van der Waals surface area contributed by atoms with E-state index in [1.165, 1.54) is 6.42 Å². The lowest BCUT2D eigenvalue weighted by Crippen LogP contribution is -2.20. The van der Waals surface area contributed by atoms with Gasteiger partial charge in [0.2, 0.25) is 0 Å². The number of aromatic nitrogens is 3. The summed E-state index contributed by atoms with van der Waals surface area (Å²) in [5, 5.41) is 11.6. The summed E-state index contributed by atoms with van der Waals surface area (Å²) >= 11 is 0. The third kappa shape index (κ3) is 4.51. The molecule has 3 aromatic rings. The Morgan fingerprint density at radius 1 is 1.10 bits per heavy atom. The van der Waals surface area contributed by atoms with Crippen LogP contribution >= 0.6 is 0 Å². The molecule has 1 aromatic heterocycles. The smallest absolute Gasteiger partial charge is 0.262 e. The van der Waals surface area contributed by atoms with Crippen molar-refractivity contribution in [1.82, 2.24) is 14.8 Å². The monoisotopic (exact) mass is 390 g/mol. The molecule has 0 spiro atoms. The van der Waals surface area contributed by atoms with Gasteiger partial charge in [0.1, 0.15) is 17.9 Å². The van der Waals surface area contributed by atoms with E-state index in [4.69, 9.17) is 4.74 Å². The second-order valence-electron chi connectivity index (χ2n) is 7.01. The molecule has 2 heterocycles. The van der Waals surface area contributed by atoms with Gasteiger partial charge in [0.05, 0.1) is 0 Å². The summed E-state index contributed by atoms with van der Waals surface area (Å²) in [4.78, 5) is 22.9. The van der Waals surface area contributed by atoms with Gasteiger partial charge in [-0.25, -0.2) is 0 Å². The number of amides is 1. The third-order valence-corrected chi connectivity index (χ3v) is 4.90. The fourth-order valence-electron chi connectivity index (χ4n) is 3.42. The number of carbonyl (C=O) groups excluding carboxylic acids is 2. The van der Waals surface area contributed by atoms with Crippen molar-refractivity contribution in [3.63, 3.8) is 0 Å². The third-order valence-electron chi connectivity index (χ3n) is 4.90. The Bertz CT molecular complexity index is 1010. The minimum Gasteiger partial charge on any atom is -0.484 e. The number of nitrogens with zero attached hydrogens (tertiary/aromatic N) is 3. The number of aryl methyl sites for hydroxylation is 1. The van der Waals surface area contributed by atoms with Crippen LogP contribution in [0, 0.1) is 0 Å². The van der Waals surface area contributed by atoms with Gasteiger partial charge in [-0.3, -0.25) is 9.59 Å². The molecule has 0 saturated heterocycles. The molecular weight excluding hydrogens is 368 g/mol. The van der Waals surface area contributed by atoms with E-state index in [9.17, 15) is 9.59 Å². The maximum Gasteiger partial charge on any atom is 0.262 e. The van der Waals surface area contributed by atoms with Gasteiger partial charge in [-0.2, -0.15) is 0 Å². The molecule has 4 rings (SSSR count). The first-order valence-corrected chi connectivity index (χ1v) is 9.73. The average Bonchev–Trinajstić information content (AvgIpc) is 3.01. The lowest BCUT2D eigenvalue weighted by molar-refractivity contribution is -0.118. The van der Waals surface area contributed by atoms with E-state index < -0.39 is 0 Å². The SMILES string of the molecule is O=Cc1ccc(OCC(=O)Nc2cccc(-c3nnc4n3CCCCC4)c2)cc1. The molecule has 1 amide bonds. The van der Waals surface area contributed by atoms with Crippen LogP contribution in [0.1, 0.15) is 35.4 Å². The van der Waals surface area contributed by atoms with E-state index in [2.05, 4.69) is 20.1 Å². The Morgan fingerprint density at radius 2 is 1.97 bits per heavy atom. The van der Waals surface area contributed by atoms with Gasteiger partial charge in [0, 0.05) is 29.8 Å². The highest BCUT2D eigenvalue weighted by molar-refractivity contribution is 5.92. The zero-order valence-electron chi connectivity index (χ0n) is 16.0. The summed E-state index contributed by atoms with van der Waals surface area (Å²) in [7, 11) is 0. The summed E-state index contributed by atoms with van der Waals surface area (Å²) < 4.78 is 7.66. The summed E-state index contributed by atoms with van der Waals surface area (Å²) in [5.74, 6) is 2.14. The lowest BCUT2D eigenvalue weighted by Gasteiger charge is -2.10. The van der Waals surface area contributed by atoms with E-state index in [0.717, 1.165) is 49.3 Å². The van der Waals surface area contributed by atoms with Crippen LogP contribution in [0.25, 0.3) is 11.4 Å². The van der Waals surface area contributed by atoms with Gasteiger partial charge in [-0.15, -0.1) is 10.2 Å². The number of ether oxygens (including phenoxy) is 1. The normalized spacial score (nSPS) is 13.2. The first-order valence-electron chi connectivity index (χ1n) is 9.73. The van der Waals surface area contributed by atoms with Crippen molar-refractivity contribution in [2.45, 2.75) is 32.2 Å². The molecule has 2 aromatic carbocycles. The zero-order chi connectivity index (χ0) is 20.1. The molecule has 0 unspecified atom stereocenters. The molecule has 29 heavy (non-hydrogen) atoms. The highest BCUT2D eigenvalue weighted by atomic mass is 16.5. The number of hydrogen-bond donors (Lipinski definition) is 1. The van der Waals surface area contributed by atoms with Crippen LogP contribution < -0.4 is 10.1 Å². The van der Waals surface area contributed by atoms with Crippen LogP contribution in [0.2, 0.25) is 0 Å². The molecule has 0 bridgehead atoms. The fraction of sp³-hybridized carbons (Fsp3) is 0.273. The van der Waals surface area contributed by atoms with Gasteiger partial charge in [-0.05, 0) is 49.2 Å². The van der Waals surface area contributed by atoms with Crippen molar-refractivity contribution in [3.8, 4) is 17.1 Å². The molecule has 0 atom stereocenters. The van der Waals surface area contributed by atoms with E-state index in [1.54, 1.807) is 24.3 Å². The minimum atomic E-state index is -0.262. The molecule has 7 heteroatoms. The number of aldehydes is 1. The Morgan fingerprint density at radius 3 is 2.79 bits per heavy atom. The average molecular weight is 390 g/mol. The van der Waals surface area contributed by atoms with Crippen molar-refractivity contribution < 1.29 is 14.3 Å². The second-order valence-corrected chi connectivity index (χ2v) is 7.01. The van der Waals surface area contributed by atoms with E-state index >= 15 is 0 Å². The number of rotatable bonds is 6. The summed E-state index contributed by atoms with van der Waals surface area (Å²) in [5.41, 5.74) is 2.16. The van der Waals surface area contributed by atoms with Crippen LogP contribution in [0.5, 0.6) is 5.75 Å². The Labute approximate surface area is 168 Å². The van der Waals surface area contributed by atoms with E-state index in [-0.39, 0.29) is 12.5 Å². The predicted molar refractivity (Wildman–Crippen MR) is 109 cm³/mol. The Hall–Kier alpha value is -3.48. The molecular formula is C22H22N4O3. The molecule has 148 valence electrons. The van der Waals surface area contributed by atoms with Crippen molar-refractivity contribution in [2.75, 3.05) is 11.9 Å². The van der Waals surface area contributed by atoms with Gasteiger partial charge >= 0.3 is 0 Å². The number of anilines is 1. The van der Waals surface area contributed by atoms with Crippen molar-refractivity contribution in [2.24, 2.45) is 0 Å². The van der Waals surface area contributed by atoms with E-state index in [1.807, 2.05) is 24.3 Å². The van der Waals surface area contributed by atoms with Gasteiger partial charge in [0.15, 0.2) is 12.4 Å². The largest absolute Gasteiger partial charge is 0.484 e. The van der Waals surface area contributed by atoms with Crippen molar-refractivity contribution in [3.05, 3.63) is 59.9 Å². The number of fused-ring (bicyclic) bond motifs is 1. The Kier molecular flexibility index (Phi) is 5.65. The maximum atomic E-state index is 12.3. The predicted octanol–water partition coefficient (Wildman–Crippen LogP) is 3.50. The standard InChI is InChI=1S/C22H22N4O3/c27-14-16-8-10-19(11-9-16)29-15-21(28)23-18-6-4-5-17(13-18)22-25-24-20-7-2-1-3-12-26(20)22/h4-6,8-11,13-14H,1-3,7,12,15H2,(H,23,28). The highest BCUT2D eigenvalue weighted by Gasteiger charge is 2.16. The lowest BCUT2D eigenvalue weighted by atomic mass is 10.2. The minimum absolute atomic E-state index is 0.120. The molecule has 0 aliphatic carbocycles. The van der Waals surface area contributed by atoms with Gasteiger partial charge < -0.3 is 14.6 Å². The highest BCUT2D eigenvalue weighted by Crippen LogP contribution is 2.25. The molecule has 1 N–H and O–H groups in total. The first-order chi connectivity index (χ1) is 14.2. The molecule has 0 fully saturated rings. The molecule has 1 aliphatic rings. The number of carbonyl (C=O) groups is 2. The number of benzene rings is 2. The van der Waals surface area contributed by atoms with Crippen LogP contribution in [0.3, 0.4) is 0 Å². The summed E-state index contributed by atoms with van der Waals surface area (Å²) in [6.45, 7) is 0.802. The maximum absolute atomic E-state index is 12.3. The number of hydrogen-bond acceptors (Lipinski definition) is 5. The fourth-order valence-corrected chi connectivity index (χ4v) is 3.42. The second kappa shape index (κ2) is 8.68. The van der Waals surface area contributed by atoms with Crippen LogP contribution in [-0.2, 0) is 17.8 Å². The van der Waals surface area contributed by atoms with Crippen LogP contribution in [0.15, 0.2) is 48.5 Å². The first kappa shape index (κ1) is 18.9.